The lowest BCUT2D eigenvalue weighted by atomic mass is 10.3. The summed E-state index contributed by atoms with van der Waals surface area (Å²) in [7, 11) is 0. The molecule has 0 unspecified atom stereocenters. The fourth-order valence-electron chi connectivity index (χ4n) is 1.18. The molecule has 3 amide bonds. The number of rotatable bonds is 4. The van der Waals surface area contributed by atoms with Crippen LogP contribution in [0, 0.1) is 0 Å². The van der Waals surface area contributed by atoms with Gasteiger partial charge in [0.2, 0.25) is 5.91 Å². The van der Waals surface area contributed by atoms with Crippen LogP contribution in [-0.4, -0.2) is 24.1 Å². The van der Waals surface area contributed by atoms with E-state index in [-0.39, 0.29) is 18.2 Å². The number of para-hydroxylation sites is 1. The van der Waals surface area contributed by atoms with Crippen molar-refractivity contribution in [3.63, 3.8) is 0 Å². The van der Waals surface area contributed by atoms with E-state index in [0.29, 0.717) is 5.69 Å². The molecule has 2 N–H and O–H groups in total. The number of hydrogen-bond acceptors (Lipinski definition) is 3. The molecule has 0 bridgehead atoms. The zero-order valence-corrected chi connectivity index (χ0v) is 10.9. The summed E-state index contributed by atoms with van der Waals surface area (Å²) in [5, 5.41) is 4.81. The highest BCUT2D eigenvalue weighted by molar-refractivity contribution is 7.98. The highest BCUT2D eigenvalue weighted by Crippen LogP contribution is 2.24. The van der Waals surface area contributed by atoms with E-state index in [1.165, 1.54) is 11.8 Å². The Labute approximate surface area is 109 Å². The van der Waals surface area contributed by atoms with Crippen LogP contribution in [0.5, 0.6) is 0 Å². The van der Waals surface area contributed by atoms with E-state index in [9.17, 15) is 9.59 Å². The lowest BCUT2D eigenvalue weighted by Gasteiger charge is -2.09. The standard InChI is InChI=1S/C11H13ClN2O2S/c1-17-9-5-3-2-4-8(9)13-11(16)14-10(15)6-7-12/h2-5H,6-7H2,1H3,(H2,13,14,15,16). The van der Waals surface area contributed by atoms with Crippen LogP contribution in [0.4, 0.5) is 10.5 Å². The minimum Gasteiger partial charge on any atom is -0.307 e. The molecule has 1 rings (SSSR count). The van der Waals surface area contributed by atoms with Gasteiger partial charge in [0.25, 0.3) is 0 Å². The van der Waals surface area contributed by atoms with Gasteiger partial charge in [0, 0.05) is 17.2 Å². The number of amides is 3. The van der Waals surface area contributed by atoms with E-state index >= 15 is 0 Å². The molecule has 1 aromatic carbocycles. The fourth-order valence-corrected chi connectivity index (χ4v) is 1.90. The lowest BCUT2D eigenvalue weighted by Crippen LogP contribution is -2.34. The monoisotopic (exact) mass is 272 g/mol. The second kappa shape index (κ2) is 7.19. The van der Waals surface area contributed by atoms with Crippen LogP contribution in [0.1, 0.15) is 6.42 Å². The average Bonchev–Trinajstić information content (AvgIpc) is 2.29. The number of alkyl halides is 1. The van der Waals surface area contributed by atoms with Gasteiger partial charge in [-0.05, 0) is 18.4 Å². The van der Waals surface area contributed by atoms with Crippen molar-refractivity contribution in [2.45, 2.75) is 11.3 Å². The Morgan fingerprint density at radius 3 is 2.71 bits per heavy atom. The number of halogens is 1. The highest BCUT2D eigenvalue weighted by atomic mass is 35.5. The molecule has 92 valence electrons. The molecule has 0 heterocycles. The third kappa shape index (κ3) is 4.66. The summed E-state index contributed by atoms with van der Waals surface area (Å²) >= 11 is 6.91. The first-order chi connectivity index (χ1) is 8.17. The second-order valence-electron chi connectivity index (χ2n) is 3.14. The highest BCUT2D eigenvalue weighted by Gasteiger charge is 2.08. The smallest absolute Gasteiger partial charge is 0.307 e. The summed E-state index contributed by atoms with van der Waals surface area (Å²) < 4.78 is 0. The molecule has 17 heavy (non-hydrogen) atoms. The largest absolute Gasteiger partial charge is 0.325 e. The molecule has 4 nitrogen and oxygen atoms in total. The maximum Gasteiger partial charge on any atom is 0.325 e. The number of urea groups is 1. The van der Waals surface area contributed by atoms with Gasteiger partial charge in [-0.2, -0.15) is 0 Å². The Hall–Kier alpha value is -1.20. The van der Waals surface area contributed by atoms with Crippen LogP contribution in [-0.2, 0) is 4.79 Å². The molecule has 0 aliphatic rings. The summed E-state index contributed by atoms with van der Waals surface area (Å²) in [5.41, 5.74) is 0.677. The summed E-state index contributed by atoms with van der Waals surface area (Å²) in [5.74, 6) is -0.195. The zero-order valence-electron chi connectivity index (χ0n) is 9.33. The number of anilines is 1. The van der Waals surface area contributed by atoms with E-state index in [1.807, 2.05) is 24.5 Å². The summed E-state index contributed by atoms with van der Waals surface area (Å²) in [6.07, 6.45) is 2.04. The fraction of sp³-hybridized carbons (Fsp3) is 0.273. The topological polar surface area (TPSA) is 58.2 Å². The third-order valence-corrected chi connectivity index (χ3v) is 2.91. The van der Waals surface area contributed by atoms with Gasteiger partial charge < -0.3 is 5.32 Å². The Morgan fingerprint density at radius 2 is 2.06 bits per heavy atom. The number of carbonyl (C=O) groups excluding carboxylic acids is 2. The van der Waals surface area contributed by atoms with Gasteiger partial charge in [-0.1, -0.05) is 12.1 Å². The Bertz CT molecular complexity index is 412. The SMILES string of the molecule is CSc1ccccc1NC(=O)NC(=O)CCCl. The third-order valence-electron chi connectivity index (χ3n) is 1.93. The number of carbonyl (C=O) groups is 2. The summed E-state index contributed by atoms with van der Waals surface area (Å²) in [6, 6.07) is 6.82. The number of nitrogens with one attached hydrogen (secondary N) is 2. The molecule has 0 saturated carbocycles. The van der Waals surface area contributed by atoms with Crippen LogP contribution < -0.4 is 10.6 Å². The first-order valence-electron chi connectivity index (χ1n) is 4.97. The number of imide groups is 1. The van der Waals surface area contributed by atoms with Gasteiger partial charge in [0.05, 0.1) is 5.69 Å². The van der Waals surface area contributed by atoms with E-state index in [1.54, 1.807) is 6.07 Å². The van der Waals surface area contributed by atoms with Crippen molar-refractivity contribution in [2.24, 2.45) is 0 Å². The van der Waals surface area contributed by atoms with Crippen molar-refractivity contribution >= 4 is 41.0 Å². The van der Waals surface area contributed by atoms with Crippen molar-refractivity contribution in [1.82, 2.24) is 5.32 Å². The number of thioether (sulfide) groups is 1. The number of hydrogen-bond donors (Lipinski definition) is 2. The quantitative estimate of drug-likeness (QED) is 0.654. The molecular formula is C11H13ClN2O2S. The molecule has 0 aromatic heterocycles. The molecule has 0 aliphatic heterocycles. The zero-order chi connectivity index (χ0) is 12.7. The van der Waals surface area contributed by atoms with Crippen LogP contribution in [0.2, 0.25) is 0 Å². The second-order valence-corrected chi connectivity index (χ2v) is 4.37. The normalized spacial score (nSPS) is 9.76. The Balaban J connectivity index is 2.59. The Kier molecular flexibility index (Phi) is 5.86. The van der Waals surface area contributed by atoms with E-state index < -0.39 is 6.03 Å². The van der Waals surface area contributed by atoms with Gasteiger partial charge >= 0.3 is 6.03 Å². The molecule has 6 heteroatoms. The van der Waals surface area contributed by atoms with Gasteiger partial charge in [-0.15, -0.1) is 23.4 Å². The first-order valence-corrected chi connectivity index (χ1v) is 6.73. The molecule has 0 aliphatic carbocycles. The van der Waals surface area contributed by atoms with Crippen LogP contribution in [0.15, 0.2) is 29.2 Å². The molecule has 0 radical (unpaired) electrons. The van der Waals surface area contributed by atoms with Gasteiger partial charge in [-0.25, -0.2) is 4.79 Å². The molecular weight excluding hydrogens is 260 g/mol. The van der Waals surface area contributed by atoms with Crippen LogP contribution in [0.3, 0.4) is 0 Å². The number of benzene rings is 1. The van der Waals surface area contributed by atoms with Crippen LogP contribution in [0.25, 0.3) is 0 Å². The molecule has 0 spiro atoms. The predicted molar refractivity (Wildman–Crippen MR) is 70.7 cm³/mol. The van der Waals surface area contributed by atoms with Crippen molar-refractivity contribution in [3.05, 3.63) is 24.3 Å². The maximum atomic E-state index is 11.5. The van der Waals surface area contributed by atoms with E-state index in [4.69, 9.17) is 11.6 Å². The maximum absolute atomic E-state index is 11.5. The van der Waals surface area contributed by atoms with Crippen molar-refractivity contribution in [2.75, 3.05) is 17.5 Å². The minimum absolute atomic E-state index is 0.124. The lowest BCUT2D eigenvalue weighted by molar-refractivity contribution is -0.119. The van der Waals surface area contributed by atoms with Gasteiger partial charge in [0.1, 0.15) is 0 Å². The first kappa shape index (κ1) is 13.9. The van der Waals surface area contributed by atoms with Crippen molar-refractivity contribution in [3.8, 4) is 0 Å². The van der Waals surface area contributed by atoms with Gasteiger partial charge in [0.15, 0.2) is 0 Å². The summed E-state index contributed by atoms with van der Waals surface area (Å²) in [4.78, 5) is 23.5. The average molecular weight is 273 g/mol. The molecule has 0 fully saturated rings. The minimum atomic E-state index is -0.540. The Morgan fingerprint density at radius 1 is 1.35 bits per heavy atom. The van der Waals surface area contributed by atoms with Gasteiger partial charge in [-0.3, -0.25) is 10.1 Å². The molecule has 0 atom stereocenters. The summed E-state index contributed by atoms with van der Waals surface area (Å²) in [6.45, 7) is 0. The van der Waals surface area contributed by atoms with Crippen molar-refractivity contribution in [1.29, 1.82) is 0 Å². The molecule has 1 aromatic rings. The predicted octanol–water partition coefficient (Wildman–Crippen LogP) is 2.69. The van der Waals surface area contributed by atoms with E-state index in [0.717, 1.165) is 4.90 Å². The van der Waals surface area contributed by atoms with Crippen LogP contribution >= 0.6 is 23.4 Å². The molecule has 0 saturated heterocycles. The van der Waals surface area contributed by atoms with E-state index in [2.05, 4.69) is 10.6 Å². The van der Waals surface area contributed by atoms with Crippen molar-refractivity contribution < 1.29 is 9.59 Å².